The second-order valence-electron chi connectivity index (χ2n) is 5.07. The van der Waals surface area contributed by atoms with Crippen molar-refractivity contribution in [1.29, 1.82) is 0 Å². The average Bonchev–Trinajstić information content (AvgIpc) is 2.28. The average molecular weight is 251 g/mol. The number of hydrogen-bond acceptors (Lipinski definition) is 4. The van der Waals surface area contributed by atoms with Gasteiger partial charge in [0.15, 0.2) is 0 Å². The highest BCUT2D eigenvalue weighted by Crippen LogP contribution is 2.32. The molecule has 1 fully saturated rings. The second kappa shape index (κ2) is 5.27. The maximum absolute atomic E-state index is 4.37. The van der Waals surface area contributed by atoms with Crippen molar-refractivity contribution in [2.45, 2.75) is 25.1 Å². The zero-order valence-electron chi connectivity index (χ0n) is 10.9. The van der Waals surface area contributed by atoms with Crippen LogP contribution in [0.15, 0.2) is 18.3 Å². The fourth-order valence-corrected chi connectivity index (χ4v) is 3.29. The smallest absolute Gasteiger partial charge is 0.0562 e. The number of hydrogen-bond donors (Lipinski definition) is 1. The molecule has 0 aliphatic carbocycles. The molecule has 0 bridgehead atoms. The Morgan fingerprint density at radius 3 is 3.06 bits per heavy atom. The summed E-state index contributed by atoms with van der Waals surface area (Å²) in [5.41, 5.74) is 2.42. The van der Waals surface area contributed by atoms with Gasteiger partial charge in [-0.25, -0.2) is 0 Å². The molecule has 1 aromatic rings. The molecular weight excluding hydrogens is 230 g/mol. The van der Waals surface area contributed by atoms with Crippen LogP contribution >= 0.6 is 11.8 Å². The van der Waals surface area contributed by atoms with Crippen molar-refractivity contribution in [3.8, 4) is 0 Å². The number of pyridine rings is 1. The van der Waals surface area contributed by atoms with Gasteiger partial charge in [-0.1, -0.05) is 0 Å². The van der Waals surface area contributed by atoms with E-state index < -0.39 is 0 Å². The molecule has 0 radical (unpaired) electrons. The number of nitrogens with zero attached hydrogens (tertiary/aromatic N) is 2. The molecule has 0 amide bonds. The Balaban J connectivity index is 2.13. The highest BCUT2D eigenvalue weighted by atomic mass is 32.2. The third kappa shape index (κ3) is 3.36. The molecule has 2 rings (SSSR count). The van der Waals surface area contributed by atoms with Crippen molar-refractivity contribution in [1.82, 2.24) is 10.3 Å². The lowest BCUT2D eigenvalue weighted by atomic mass is 10.1. The van der Waals surface area contributed by atoms with Crippen LogP contribution in [0.5, 0.6) is 0 Å². The monoisotopic (exact) mass is 251 g/mol. The molecule has 17 heavy (non-hydrogen) atoms. The summed E-state index contributed by atoms with van der Waals surface area (Å²) in [5.74, 6) is 1.21. The van der Waals surface area contributed by atoms with E-state index in [-0.39, 0.29) is 0 Å². The molecule has 1 aliphatic heterocycles. The van der Waals surface area contributed by atoms with Gasteiger partial charge in [0, 0.05) is 42.0 Å². The first kappa shape index (κ1) is 12.7. The zero-order valence-corrected chi connectivity index (χ0v) is 11.7. The largest absolute Gasteiger partial charge is 0.369 e. The van der Waals surface area contributed by atoms with Gasteiger partial charge in [0.05, 0.1) is 5.69 Å². The standard InChI is InChI=1S/C13H21N3S/c1-13(2)10-16(6-7-17-13)12-4-5-15-11(8-12)9-14-3/h4-5,8,14H,6-7,9-10H2,1-3H3. The van der Waals surface area contributed by atoms with Gasteiger partial charge in [-0.2, -0.15) is 11.8 Å². The van der Waals surface area contributed by atoms with Crippen molar-refractivity contribution in [2.75, 3.05) is 30.8 Å². The number of aromatic nitrogens is 1. The van der Waals surface area contributed by atoms with Crippen LogP contribution in [0, 0.1) is 0 Å². The van der Waals surface area contributed by atoms with Crippen LogP contribution in [0.4, 0.5) is 5.69 Å². The molecule has 0 unspecified atom stereocenters. The van der Waals surface area contributed by atoms with E-state index in [9.17, 15) is 0 Å². The summed E-state index contributed by atoms with van der Waals surface area (Å²) < 4.78 is 0.352. The van der Waals surface area contributed by atoms with Gasteiger partial charge in [-0.3, -0.25) is 4.98 Å². The van der Waals surface area contributed by atoms with Crippen LogP contribution < -0.4 is 10.2 Å². The number of thioether (sulfide) groups is 1. The number of anilines is 1. The Morgan fingerprint density at radius 2 is 2.35 bits per heavy atom. The highest BCUT2D eigenvalue weighted by molar-refractivity contribution is 8.00. The Morgan fingerprint density at radius 1 is 1.53 bits per heavy atom. The lowest BCUT2D eigenvalue weighted by Gasteiger charge is -2.39. The fraction of sp³-hybridized carbons (Fsp3) is 0.615. The predicted octanol–water partition coefficient (Wildman–Crippen LogP) is 2.13. The first-order valence-corrected chi connectivity index (χ1v) is 7.08. The van der Waals surface area contributed by atoms with Gasteiger partial charge in [0.1, 0.15) is 0 Å². The van der Waals surface area contributed by atoms with Crippen LogP contribution in [-0.4, -0.2) is 35.6 Å². The van der Waals surface area contributed by atoms with E-state index in [2.05, 4.69) is 52.9 Å². The maximum Gasteiger partial charge on any atom is 0.0562 e. The Labute approximate surface area is 108 Å². The maximum atomic E-state index is 4.37. The van der Waals surface area contributed by atoms with Crippen molar-refractivity contribution >= 4 is 17.4 Å². The third-order valence-electron chi connectivity index (χ3n) is 2.95. The topological polar surface area (TPSA) is 28.2 Å². The highest BCUT2D eigenvalue weighted by Gasteiger charge is 2.27. The van der Waals surface area contributed by atoms with Crippen LogP contribution in [0.1, 0.15) is 19.5 Å². The van der Waals surface area contributed by atoms with Crippen LogP contribution in [0.3, 0.4) is 0 Å². The van der Waals surface area contributed by atoms with E-state index in [0.717, 1.165) is 25.3 Å². The quantitative estimate of drug-likeness (QED) is 0.891. The van der Waals surface area contributed by atoms with E-state index >= 15 is 0 Å². The van der Waals surface area contributed by atoms with E-state index in [4.69, 9.17) is 0 Å². The van der Waals surface area contributed by atoms with Gasteiger partial charge in [-0.05, 0) is 33.0 Å². The van der Waals surface area contributed by atoms with Crippen LogP contribution in [-0.2, 0) is 6.54 Å². The summed E-state index contributed by atoms with van der Waals surface area (Å²) in [6.07, 6.45) is 1.91. The van der Waals surface area contributed by atoms with E-state index in [1.54, 1.807) is 0 Å². The van der Waals surface area contributed by atoms with Gasteiger partial charge in [-0.15, -0.1) is 0 Å². The van der Waals surface area contributed by atoms with E-state index in [0.29, 0.717) is 4.75 Å². The molecule has 0 spiro atoms. The normalized spacial score (nSPS) is 19.4. The van der Waals surface area contributed by atoms with Crippen LogP contribution in [0.2, 0.25) is 0 Å². The van der Waals surface area contributed by atoms with E-state index in [1.165, 1.54) is 11.4 Å². The Hall–Kier alpha value is -0.740. The first-order valence-electron chi connectivity index (χ1n) is 6.09. The van der Waals surface area contributed by atoms with Crippen molar-refractivity contribution < 1.29 is 0 Å². The van der Waals surface area contributed by atoms with Crippen molar-refractivity contribution in [3.05, 3.63) is 24.0 Å². The summed E-state index contributed by atoms with van der Waals surface area (Å²) in [7, 11) is 1.95. The summed E-state index contributed by atoms with van der Waals surface area (Å²) in [5, 5.41) is 3.15. The summed E-state index contributed by atoms with van der Waals surface area (Å²) in [4.78, 5) is 6.84. The second-order valence-corrected chi connectivity index (χ2v) is 6.87. The molecule has 0 saturated carbocycles. The zero-order chi connectivity index (χ0) is 12.3. The molecule has 1 aliphatic rings. The lowest BCUT2D eigenvalue weighted by Crippen LogP contribution is -2.43. The fourth-order valence-electron chi connectivity index (χ4n) is 2.18. The summed E-state index contributed by atoms with van der Waals surface area (Å²) in [6, 6.07) is 4.31. The molecule has 3 nitrogen and oxygen atoms in total. The number of rotatable bonds is 3. The lowest BCUT2D eigenvalue weighted by molar-refractivity contribution is 0.646. The molecule has 4 heteroatoms. The molecule has 1 saturated heterocycles. The first-order chi connectivity index (χ1) is 8.11. The Kier molecular flexibility index (Phi) is 3.94. The van der Waals surface area contributed by atoms with Crippen molar-refractivity contribution in [3.63, 3.8) is 0 Å². The molecule has 94 valence electrons. The van der Waals surface area contributed by atoms with Gasteiger partial charge in [0.25, 0.3) is 0 Å². The third-order valence-corrected chi connectivity index (χ3v) is 4.25. The molecule has 2 heterocycles. The van der Waals surface area contributed by atoms with Crippen molar-refractivity contribution in [2.24, 2.45) is 0 Å². The summed E-state index contributed by atoms with van der Waals surface area (Å²) >= 11 is 2.06. The molecule has 1 aromatic heterocycles. The van der Waals surface area contributed by atoms with Gasteiger partial charge >= 0.3 is 0 Å². The van der Waals surface area contributed by atoms with Gasteiger partial charge in [0.2, 0.25) is 0 Å². The predicted molar refractivity (Wildman–Crippen MR) is 75.8 cm³/mol. The molecule has 0 atom stereocenters. The summed E-state index contributed by atoms with van der Waals surface area (Å²) in [6.45, 7) is 7.72. The number of nitrogens with one attached hydrogen (secondary N) is 1. The minimum Gasteiger partial charge on any atom is -0.369 e. The Bertz CT molecular complexity index is 379. The minimum atomic E-state index is 0.352. The van der Waals surface area contributed by atoms with E-state index in [1.807, 2.05) is 13.2 Å². The SMILES string of the molecule is CNCc1cc(N2CCSC(C)(C)C2)ccn1. The molecular formula is C13H21N3S. The van der Waals surface area contributed by atoms with Gasteiger partial charge < -0.3 is 10.2 Å². The minimum absolute atomic E-state index is 0.352. The molecule has 0 aromatic carbocycles. The van der Waals surface area contributed by atoms with Crippen LogP contribution in [0.25, 0.3) is 0 Å². The molecule has 1 N–H and O–H groups in total.